The molecule has 0 spiro atoms. The lowest BCUT2D eigenvalue weighted by Gasteiger charge is -2.34. The van der Waals surface area contributed by atoms with E-state index in [1.165, 1.54) is 0 Å². The number of ether oxygens (including phenoxy) is 1. The van der Waals surface area contributed by atoms with Gasteiger partial charge in [-0.1, -0.05) is 11.6 Å². The average molecular weight is 471 g/mol. The molecule has 2 aromatic heterocycles. The molecule has 0 bridgehead atoms. The van der Waals surface area contributed by atoms with Gasteiger partial charge < -0.3 is 30.5 Å². The number of piperazine rings is 1. The minimum Gasteiger partial charge on any atom is -0.488 e. The number of aromatic nitrogens is 3. The molecule has 5 rings (SSSR count). The van der Waals surface area contributed by atoms with Crippen LogP contribution in [0.5, 0.6) is 5.75 Å². The summed E-state index contributed by atoms with van der Waals surface area (Å²) >= 11 is 6.55. The first kappa shape index (κ1) is 21.5. The zero-order valence-electron chi connectivity index (χ0n) is 18.1. The normalized spacial score (nSPS) is 15.9. The first-order chi connectivity index (χ1) is 16.0. The van der Waals surface area contributed by atoms with E-state index < -0.39 is 5.82 Å². The highest BCUT2D eigenvalue weighted by molar-refractivity contribution is 6.33. The number of rotatable bonds is 5. The van der Waals surface area contributed by atoms with Crippen LogP contribution in [0.2, 0.25) is 5.02 Å². The largest absolute Gasteiger partial charge is 0.488 e. The third kappa shape index (κ3) is 4.86. The summed E-state index contributed by atoms with van der Waals surface area (Å²) in [5.41, 5.74) is 1.71. The lowest BCUT2D eigenvalue weighted by Crippen LogP contribution is -2.44. The Bertz CT molecular complexity index is 1160. The van der Waals surface area contributed by atoms with Crippen molar-refractivity contribution in [2.24, 2.45) is 0 Å². The quantitative estimate of drug-likeness (QED) is 0.516. The standard InChI is InChI=1S/C22H24ClFN8O/c1-31-7-9-32(10-8-31)17-3-2-14(12-15(17)23)27-22-26-13-16(24)20(30-22)28-19-5-4-18-21(29-19)25-6-11-33-18/h2-5,12-13H,6-11H2,1H3,(H3,25,26,27,28,29,30). The molecular formula is C22H24ClFN8O. The number of nitrogens with zero attached hydrogens (tertiary/aromatic N) is 5. The summed E-state index contributed by atoms with van der Waals surface area (Å²) in [6.45, 7) is 5.09. The SMILES string of the molecule is CN1CCN(c2ccc(Nc3ncc(F)c(Nc4ccc5c(n4)NCCO5)n3)cc2Cl)CC1. The van der Waals surface area contributed by atoms with Crippen LogP contribution in [0.1, 0.15) is 0 Å². The van der Waals surface area contributed by atoms with Crippen LogP contribution in [-0.4, -0.2) is 66.2 Å². The maximum atomic E-state index is 14.4. The molecule has 11 heteroatoms. The number of halogens is 2. The van der Waals surface area contributed by atoms with E-state index >= 15 is 0 Å². The van der Waals surface area contributed by atoms with Gasteiger partial charge in [-0.2, -0.15) is 4.98 Å². The highest BCUT2D eigenvalue weighted by atomic mass is 35.5. The maximum absolute atomic E-state index is 14.4. The monoisotopic (exact) mass is 470 g/mol. The molecule has 172 valence electrons. The van der Waals surface area contributed by atoms with Crippen molar-refractivity contribution in [3.63, 3.8) is 0 Å². The Labute approximate surface area is 195 Å². The van der Waals surface area contributed by atoms with Gasteiger partial charge in [0.05, 0.1) is 23.5 Å². The van der Waals surface area contributed by atoms with Crippen molar-refractivity contribution in [1.82, 2.24) is 19.9 Å². The van der Waals surface area contributed by atoms with Gasteiger partial charge in [0.25, 0.3) is 0 Å². The second-order valence-electron chi connectivity index (χ2n) is 7.92. The van der Waals surface area contributed by atoms with Crippen LogP contribution in [0.3, 0.4) is 0 Å². The molecule has 0 saturated carbocycles. The van der Waals surface area contributed by atoms with Crippen molar-refractivity contribution in [3.05, 3.63) is 47.4 Å². The first-order valence-corrected chi connectivity index (χ1v) is 11.1. The third-order valence-corrected chi connectivity index (χ3v) is 5.85. The summed E-state index contributed by atoms with van der Waals surface area (Å²) in [5.74, 6) is 1.37. The average Bonchev–Trinajstić information content (AvgIpc) is 2.82. The molecule has 3 N–H and O–H groups in total. The van der Waals surface area contributed by atoms with Crippen molar-refractivity contribution in [3.8, 4) is 5.75 Å². The van der Waals surface area contributed by atoms with Gasteiger partial charge in [-0.05, 0) is 37.4 Å². The Morgan fingerprint density at radius 1 is 1.09 bits per heavy atom. The van der Waals surface area contributed by atoms with Crippen molar-refractivity contribution >= 4 is 46.4 Å². The van der Waals surface area contributed by atoms with Crippen molar-refractivity contribution < 1.29 is 9.13 Å². The lowest BCUT2D eigenvalue weighted by atomic mass is 10.2. The number of fused-ring (bicyclic) bond motifs is 1. The molecule has 0 amide bonds. The summed E-state index contributed by atoms with van der Waals surface area (Å²) in [4.78, 5) is 17.3. The van der Waals surface area contributed by atoms with Crippen molar-refractivity contribution in [2.75, 3.05) is 67.2 Å². The van der Waals surface area contributed by atoms with Gasteiger partial charge in [0.2, 0.25) is 5.95 Å². The molecule has 1 aromatic carbocycles. The Balaban J connectivity index is 1.30. The first-order valence-electron chi connectivity index (χ1n) is 10.7. The smallest absolute Gasteiger partial charge is 0.229 e. The molecule has 4 heterocycles. The Morgan fingerprint density at radius 3 is 2.76 bits per heavy atom. The molecule has 0 unspecified atom stereocenters. The van der Waals surface area contributed by atoms with E-state index in [-0.39, 0.29) is 11.8 Å². The number of likely N-dealkylation sites (N-methyl/N-ethyl adjacent to an activating group) is 1. The van der Waals surface area contributed by atoms with E-state index in [0.717, 1.165) is 38.1 Å². The molecular weight excluding hydrogens is 447 g/mol. The third-order valence-electron chi connectivity index (χ3n) is 5.55. The maximum Gasteiger partial charge on any atom is 0.229 e. The van der Waals surface area contributed by atoms with Gasteiger partial charge in [-0.15, -0.1) is 0 Å². The Kier molecular flexibility index (Phi) is 6.01. The minimum absolute atomic E-state index is 0.0110. The zero-order valence-corrected chi connectivity index (χ0v) is 18.9. The molecule has 1 saturated heterocycles. The Hall–Kier alpha value is -3.37. The molecule has 2 aliphatic rings. The summed E-state index contributed by atoms with van der Waals surface area (Å²) in [5, 5.41) is 9.79. The molecule has 9 nitrogen and oxygen atoms in total. The summed E-state index contributed by atoms with van der Waals surface area (Å²) < 4.78 is 19.9. The lowest BCUT2D eigenvalue weighted by molar-refractivity contribution is 0.313. The minimum atomic E-state index is -0.590. The van der Waals surface area contributed by atoms with Gasteiger partial charge in [-0.25, -0.2) is 14.4 Å². The van der Waals surface area contributed by atoms with Gasteiger partial charge in [0.15, 0.2) is 23.2 Å². The van der Waals surface area contributed by atoms with Crippen LogP contribution in [-0.2, 0) is 0 Å². The number of hydrogen-bond donors (Lipinski definition) is 3. The fraction of sp³-hybridized carbons (Fsp3) is 0.318. The van der Waals surface area contributed by atoms with Gasteiger partial charge in [-0.3, -0.25) is 0 Å². The fourth-order valence-corrected chi connectivity index (χ4v) is 4.04. The predicted molar refractivity (Wildman–Crippen MR) is 128 cm³/mol. The summed E-state index contributed by atoms with van der Waals surface area (Å²) in [6.07, 6.45) is 1.11. The number of anilines is 6. The van der Waals surface area contributed by atoms with Crippen LogP contribution in [0.4, 0.5) is 39.2 Å². The fourth-order valence-electron chi connectivity index (χ4n) is 3.74. The van der Waals surface area contributed by atoms with E-state index in [4.69, 9.17) is 16.3 Å². The number of benzene rings is 1. The van der Waals surface area contributed by atoms with Gasteiger partial charge >= 0.3 is 0 Å². The number of hydrogen-bond acceptors (Lipinski definition) is 9. The van der Waals surface area contributed by atoms with E-state index in [1.807, 2.05) is 18.2 Å². The molecule has 2 aliphatic heterocycles. The zero-order chi connectivity index (χ0) is 22.8. The molecule has 33 heavy (non-hydrogen) atoms. The van der Waals surface area contributed by atoms with Crippen LogP contribution >= 0.6 is 11.6 Å². The van der Waals surface area contributed by atoms with Crippen LogP contribution in [0, 0.1) is 5.82 Å². The molecule has 1 fully saturated rings. The van der Waals surface area contributed by atoms with E-state index in [9.17, 15) is 4.39 Å². The van der Waals surface area contributed by atoms with Gasteiger partial charge in [0.1, 0.15) is 12.4 Å². The van der Waals surface area contributed by atoms with Crippen molar-refractivity contribution in [2.45, 2.75) is 0 Å². The van der Waals surface area contributed by atoms with Gasteiger partial charge in [0, 0.05) is 31.9 Å². The topological polar surface area (TPSA) is 90.5 Å². The van der Waals surface area contributed by atoms with E-state index in [2.05, 4.69) is 47.7 Å². The van der Waals surface area contributed by atoms with Crippen LogP contribution in [0.25, 0.3) is 0 Å². The molecule has 0 atom stereocenters. The second-order valence-corrected chi connectivity index (χ2v) is 8.32. The summed E-state index contributed by atoms with van der Waals surface area (Å²) in [7, 11) is 2.12. The Morgan fingerprint density at radius 2 is 1.94 bits per heavy atom. The van der Waals surface area contributed by atoms with Crippen LogP contribution in [0.15, 0.2) is 36.5 Å². The second kappa shape index (κ2) is 9.24. The molecule has 3 aromatic rings. The number of pyridine rings is 1. The predicted octanol–water partition coefficient (Wildman–Crippen LogP) is 3.71. The number of nitrogens with one attached hydrogen (secondary N) is 3. The summed E-state index contributed by atoms with van der Waals surface area (Å²) in [6, 6.07) is 9.20. The molecule has 0 aliphatic carbocycles. The van der Waals surface area contributed by atoms with E-state index in [0.29, 0.717) is 41.2 Å². The highest BCUT2D eigenvalue weighted by Crippen LogP contribution is 2.31. The molecule has 0 radical (unpaired) electrons. The highest BCUT2D eigenvalue weighted by Gasteiger charge is 2.17. The van der Waals surface area contributed by atoms with Crippen molar-refractivity contribution in [1.29, 1.82) is 0 Å². The van der Waals surface area contributed by atoms with E-state index in [1.54, 1.807) is 12.1 Å². The van der Waals surface area contributed by atoms with Crippen LogP contribution < -0.4 is 25.6 Å².